The predicted molar refractivity (Wildman–Crippen MR) is 70.0 cm³/mol. The van der Waals surface area contributed by atoms with Crippen LogP contribution in [0.2, 0.25) is 0 Å². The fraction of sp³-hybridized carbons (Fsp3) is 0.467. The van der Waals surface area contributed by atoms with Crippen molar-refractivity contribution in [1.29, 1.82) is 10.5 Å². The minimum absolute atomic E-state index is 0.330. The van der Waals surface area contributed by atoms with Gasteiger partial charge in [0, 0.05) is 0 Å². The Morgan fingerprint density at radius 2 is 1.89 bits per heavy atom. The summed E-state index contributed by atoms with van der Waals surface area (Å²) in [5.41, 5.74) is 0.697. The average molecular weight is 242 g/mol. The minimum atomic E-state index is 0.330. The first-order chi connectivity index (χ1) is 8.58. The largest absolute Gasteiger partial charge is 0.492 e. The zero-order valence-electron chi connectivity index (χ0n) is 11.1. The van der Waals surface area contributed by atoms with E-state index in [9.17, 15) is 0 Å². The zero-order chi connectivity index (χ0) is 13.5. The standard InChI is InChI=1S/C15H18N2O/c1-11(2)7-12(3)10-18-15-6-4-5-13(8-16)14(15)9-17/h4-6,11-12H,7,10H2,1-3H3/t12-/m1/s1. The number of nitrogens with zero attached hydrogens (tertiary/aromatic N) is 2. The van der Waals surface area contributed by atoms with E-state index in [1.807, 2.05) is 12.1 Å². The van der Waals surface area contributed by atoms with Gasteiger partial charge in [-0.05, 0) is 30.4 Å². The molecule has 0 aliphatic carbocycles. The third-order valence-electron chi connectivity index (χ3n) is 2.66. The molecule has 0 aromatic heterocycles. The van der Waals surface area contributed by atoms with Crippen molar-refractivity contribution in [2.24, 2.45) is 11.8 Å². The fourth-order valence-corrected chi connectivity index (χ4v) is 1.96. The summed E-state index contributed by atoms with van der Waals surface area (Å²) in [6.07, 6.45) is 1.08. The van der Waals surface area contributed by atoms with Crippen LogP contribution in [0.1, 0.15) is 38.3 Å². The van der Waals surface area contributed by atoms with Gasteiger partial charge in [-0.2, -0.15) is 10.5 Å². The highest BCUT2D eigenvalue weighted by atomic mass is 16.5. The van der Waals surface area contributed by atoms with Crippen molar-refractivity contribution in [3.05, 3.63) is 29.3 Å². The van der Waals surface area contributed by atoms with Crippen LogP contribution in [0.4, 0.5) is 0 Å². The summed E-state index contributed by atoms with van der Waals surface area (Å²) in [5.74, 6) is 1.57. The van der Waals surface area contributed by atoms with E-state index in [2.05, 4.69) is 20.8 Å². The Balaban J connectivity index is 2.75. The summed E-state index contributed by atoms with van der Waals surface area (Å²) in [6, 6.07) is 9.14. The minimum Gasteiger partial charge on any atom is -0.492 e. The molecule has 3 heteroatoms. The Morgan fingerprint density at radius 3 is 2.44 bits per heavy atom. The maximum atomic E-state index is 9.06. The van der Waals surface area contributed by atoms with E-state index < -0.39 is 0 Å². The van der Waals surface area contributed by atoms with Crippen LogP contribution in [0.25, 0.3) is 0 Å². The third kappa shape index (κ3) is 3.79. The van der Waals surface area contributed by atoms with Gasteiger partial charge in [-0.15, -0.1) is 0 Å². The van der Waals surface area contributed by atoms with Gasteiger partial charge in [0.1, 0.15) is 23.5 Å². The lowest BCUT2D eigenvalue weighted by Crippen LogP contribution is -2.11. The van der Waals surface area contributed by atoms with Crippen LogP contribution in [0.5, 0.6) is 5.75 Å². The van der Waals surface area contributed by atoms with Crippen molar-refractivity contribution in [2.45, 2.75) is 27.2 Å². The number of ether oxygens (including phenoxy) is 1. The smallest absolute Gasteiger partial charge is 0.138 e. The van der Waals surface area contributed by atoms with Crippen LogP contribution >= 0.6 is 0 Å². The van der Waals surface area contributed by atoms with Gasteiger partial charge in [-0.25, -0.2) is 0 Å². The Hall–Kier alpha value is -2.00. The molecule has 0 radical (unpaired) electrons. The molecule has 0 bridgehead atoms. The summed E-state index contributed by atoms with van der Waals surface area (Å²) in [4.78, 5) is 0. The maximum Gasteiger partial charge on any atom is 0.138 e. The molecule has 1 rings (SSSR count). The molecule has 0 spiro atoms. The maximum absolute atomic E-state index is 9.06. The Morgan fingerprint density at radius 1 is 1.17 bits per heavy atom. The molecular formula is C15H18N2O. The van der Waals surface area contributed by atoms with E-state index >= 15 is 0 Å². The van der Waals surface area contributed by atoms with E-state index in [0.29, 0.717) is 35.3 Å². The van der Waals surface area contributed by atoms with Gasteiger partial charge in [0.05, 0.1) is 12.2 Å². The summed E-state index contributed by atoms with van der Waals surface area (Å²) >= 11 is 0. The van der Waals surface area contributed by atoms with Crippen molar-refractivity contribution >= 4 is 0 Å². The van der Waals surface area contributed by atoms with Gasteiger partial charge in [-0.1, -0.05) is 26.8 Å². The lowest BCUT2D eigenvalue weighted by molar-refractivity contribution is 0.238. The number of rotatable bonds is 5. The molecule has 0 unspecified atom stereocenters. The second-order valence-corrected chi connectivity index (χ2v) is 4.95. The van der Waals surface area contributed by atoms with Crippen molar-refractivity contribution in [2.75, 3.05) is 6.61 Å². The first-order valence-corrected chi connectivity index (χ1v) is 6.14. The molecule has 3 nitrogen and oxygen atoms in total. The van der Waals surface area contributed by atoms with Gasteiger partial charge in [0.2, 0.25) is 0 Å². The van der Waals surface area contributed by atoms with Gasteiger partial charge in [0.25, 0.3) is 0 Å². The molecular weight excluding hydrogens is 224 g/mol. The molecule has 18 heavy (non-hydrogen) atoms. The molecule has 0 aliphatic heterocycles. The first kappa shape index (κ1) is 14.1. The molecule has 0 saturated carbocycles. The summed E-state index contributed by atoms with van der Waals surface area (Å²) in [5, 5.41) is 18.0. The van der Waals surface area contributed by atoms with Gasteiger partial charge in [-0.3, -0.25) is 0 Å². The average Bonchev–Trinajstić information content (AvgIpc) is 2.34. The molecule has 0 saturated heterocycles. The predicted octanol–water partition coefficient (Wildman–Crippen LogP) is 3.49. The van der Waals surface area contributed by atoms with E-state index in [0.717, 1.165) is 6.42 Å². The second-order valence-electron chi connectivity index (χ2n) is 4.95. The van der Waals surface area contributed by atoms with Crippen molar-refractivity contribution in [1.82, 2.24) is 0 Å². The van der Waals surface area contributed by atoms with Crippen LogP contribution in [0, 0.1) is 34.5 Å². The quantitative estimate of drug-likeness (QED) is 0.794. The third-order valence-corrected chi connectivity index (χ3v) is 2.66. The SMILES string of the molecule is CC(C)C[C@@H](C)COc1cccc(C#N)c1C#N. The highest BCUT2D eigenvalue weighted by molar-refractivity contribution is 5.53. The van der Waals surface area contributed by atoms with Crippen molar-refractivity contribution < 1.29 is 4.74 Å². The normalized spacial score (nSPS) is 11.7. The molecule has 0 N–H and O–H groups in total. The Bertz CT molecular complexity index is 480. The van der Waals surface area contributed by atoms with Crippen LogP contribution in [-0.4, -0.2) is 6.61 Å². The Labute approximate surface area is 109 Å². The van der Waals surface area contributed by atoms with Crippen LogP contribution in [-0.2, 0) is 0 Å². The molecule has 0 heterocycles. The number of hydrogen-bond acceptors (Lipinski definition) is 3. The van der Waals surface area contributed by atoms with Crippen LogP contribution in [0.3, 0.4) is 0 Å². The number of nitriles is 2. The van der Waals surface area contributed by atoms with Gasteiger partial charge >= 0.3 is 0 Å². The molecule has 1 aromatic rings. The monoisotopic (exact) mass is 242 g/mol. The molecule has 94 valence electrons. The molecule has 0 aliphatic rings. The van der Waals surface area contributed by atoms with Crippen molar-refractivity contribution in [3.63, 3.8) is 0 Å². The fourth-order valence-electron chi connectivity index (χ4n) is 1.96. The van der Waals surface area contributed by atoms with E-state index in [-0.39, 0.29) is 0 Å². The van der Waals surface area contributed by atoms with E-state index in [4.69, 9.17) is 15.3 Å². The van der Waals surface area contributed by atoms with E-state index in [1.165, 1.54) is 0 Å². The van der Waals surface area contributed by atoms with Crippen molar-refractivity contribution in [3.8, 4) is 17.9 Å². The molecule has 1 aromatic carbocycles. The number of benzene rings is 1. The molecule has 0 amide bonds. The summed E-state index contributed by atoms with van der Waals surface area (Å²) in [7, 11) is 0. The summed E-state index contributed by atoms with van der Waals surface area (Å²) in [6.45, 7) is 7.04. The molecule has 0 fully saturated rings. The van der Waals surface area contributed by atoms with Crippen LogP contribution in [0.15, 0.2) is 18.2 Å². The summed E-state index contributed by atoms with van der Waals surface area (Å²) < 4.78 is 5.66. The first-order valence-electron chi connectivity index (χ1n) is 6.14. The highest BCUT2D eigenvalue weighted by Gasteiger charge is 2.11. The zero-order valence-corrected chi connectivity index (χ0v) is 11.1. The van der Waals surface area contributed by atoms with Gasteiger partial charge < -0.3 is 4.74 Å². The Kier molecular flexibility index (Phi) is 5.21. The number of hydrogen-bond donors (Lipinski definition) is 0. The lowest BCUT2D eigenvalue weighted by Gasteiger charge is -2.15. The van der Waals surface area contributed by atoms with Gasteiger partial charge in [0.15, 0.2) is 0 Å². The van der Waals surface area contributed by atoms with E-state index in [1.54, 1.807) is 18.2 Å². The second kappa shape index (κ2) is 6.67. The molecule has 1 atom stereocenters. The topological polar surface area (TPSA) is 56.8 Å². The lowest BCUT2D eigenvalue weighted by atomic mass is 10.00. The van der Waals surface area contributed by atoms with Crippen LogP contribution < -0.4 is 4.74 Å². The highest BCUT2D eigenvalue weighted by Crippen LogP contribution is 2.22.